The van der Waals surface area contributed by atoms with Gasteiger partial charge in [0.15, 0.2) is 0 Å². The molecule has 6 heteroatoms. The summed E-state index contributed by atoms with van der Waals surface area (Å²) in [5.41, 5.74) is 6.32. The van der Waals surface area contributed by atoms with Crippen LogP contribution in [0.2, 0.25) is 0 Å². The molecule has 0 spiro atoms. The van der Waals surface area contributed by atoms with Crippen LogP contribution in [0.4, 0.5) is 5.69 Å². The molecule has 22 heavy (non-hydrogen) atoms. The van der Waals surface area contributed by atoms with Crippen LogP contribution in [-0.2, 0) is 9.53 Å². The molecule has 0 aliphatic rings. The number of rotatable bonds is 9. The maximum atomic E-state index is 11.0. The first-order valence-electron chi connectivity index (χ1n) is 7.53. The number of hydrogen-bond acceptors (Lipinski definition) is 6. The molecule has 1 rings (SSSR count). The lowest BCUT2D eigenvalue weighted by Crippen LogP contribution is -2.13. The van der Waals surface area contributed by atoms with E-state index in [0.717, 1.165) is 5.69 Å². The van der Waals surface area contributed by atoms with Crippen LogP contribution in [-0.4, -0.2) is 39.9 Å². The van der Waals surface area contributed by atoms with Crippen LogP contribution in [0, 0.1) is 0 Å². The number of carbonyl (C=O) groups excluding carboxylic acids is 1. The molecule has 1 aromatic rings. The predicted molar refractivity (Wildman–Crippen MR) is 88.6 cm³/mol. The van der Waals surface area contributed by atoms with Crippen molar-refractivity contribution in [2.24, 2.45) is 5.73 Å². The Morgan fingerprint density at radius 1 is 1.27 bits per heavy atom. The molecule has 0 bridgehead atoms. The molecule has 0 saturated carbocycles. The lowest BCUT2D eigenvalue weighted by Gasteiger charge is -2.12. The van der Waals surface area contributed by atoms with E-state index in [2.05, 4.69) is 10.1 Å². The second-order valence-electron chi connectivity index (χ2n) is 4.11. The van der Waals surface area contributed by atoms with Gasteiger partial charge in [-0.3, -0.25) is 4.79 Å². The molecule has 0 aromatic heterocycles. The number of nitrogens with two attached hydrogens (primary N) is 1. The summed E-state index contributed by atoms with van der Waals surface area (Å²) in [7, 11) is 2.98. The fraction of sp³-hybridized carbons (Fsp3) is 0.562. The van der Waals surface area contributed by atoms with E-state index in [1.807, 2.05) is 26.0 Å². The highest BCUT2D eigenvalue weighted by molar-refractivity contribution is 5.69. The molecule has 0 atom stereocenters. The summed E-state index contributed by atoms with van der Waals surface area (Å²) < 4.78 is 15.4. The van der Waals surface area contributed by atoms with Gasteiger partial charge in [-0.2, -0.15) is 0 Å². The van der Waals surface area contributed by atoms with Gasteiger partial charge in [0.25, 0.3) is 0 Å². The van der Waals surface area contributed by atoms with Gasteiger partial charge in [-0.15, -0.1) is 0 Å². The third kappa shape index (κ3) is 7.73. The summed E-state index contributed by atoms with van der Waals surface area (Å²) in [6.45, 7) is 5.68. The van der Waals surface area contributed by atoms with Gasteiger partial charge in [-0.05, 0) is 18.6 Å². The van der Waals surface area contributed by atoms with Crippen molar-refractivity contribution in [2.75, 3.05) is 39.2 Å². The zero-order chi connectivity index (χ0) is 16.8. The molecule has 0 aliphatic heterocycles. The number of hydrogen-bond donors (Lipinski definition) is 2. The molecule has 0 unspecified atom stereocenters. The van der Waals surface area contributed by atoms with Crippen molar-refractivity contribution in [3.05, 3.63) is 18.2 Å². The van der Waals surface area contributed by atoms with Crippen molar-refractivity contribution in [1.29, 1.82) is 0 Å². The predicted octanol–water partition coefficient (Wildman–Crippen LogP) is 2.42. The van der Waals surface area contributed by atoms with Crippen molar-refractivity contribution < 1.29 is 19.0 Å². The average molecular weight is 312 g/mol. The maximum Gasteiger partial charge on any atom is 0.305 e. The Balaban J connectivity index is 0.00000211. The first-order valence-corrected chi connectivity index (χ1v) is 7.53. The number of carbonyl (C=O) groups is 1. The van der Waals surface area contributed by atoms with E-state index in [-0.39, 0.29) is 5.97 Å². The first kappa shape index (κ1) is 20.1. The number of ether oxygens (including phenoxy) is 3. The van der Waals surface area contributed by atoms with Gasteiger partial charge < -0.3 is 25.3 Å². The van der Waals surface area contributed by atoms with Crippen molar-refractivity contribution >= 4 is 11.7 Å². The van der Waals surface area contributed by atoms with Crippen molar-refractivity contribution in [3.63, 3.8) is 0 Å². The van der Waals surface area contributed by atoms with Gasteiger partial charge in [0.05, 0.1) is 26.5 Å². The highest BCUT2D eigenvalue weighted by Gasteiger charge is 2.05. The second kappa shape index (κ2) is 12.8. The number of esters is 1. The lowest BCUT2D eigenvalue weighted by atomic mass is 10.2. The summed E-state index contributed by atoms with van der Waals surface area (Å²) in [6, 6.07) is 5.53. The number of benzene rings is 1. The minimum Gasteiger partial charge on any atom is -0.494 e. The molecule has 126 valence electrons. The molecule has 0 amide bonds. The van der Waals surface area contributed by atoms with Crippen LogP contribution in [0.15, 0.2) is 18.2 Å². The largest absolute Gasteiger partial charge is 0.494 e. The standard InChI is InChI=1S/C14H22N2O4.C2H6/c1-18-13-10-11(5-6-12(13)16-8-7-15)20-9-3-4-14(17)19-2;1-2/h5-6,10,16H,3-4,7-9,15H2,1-2H3;1-2H3. The molecule has 1 aromatic carbocycles. The molecular weight excluding hydrogens is 284 g/mol. The minimum atomic E-state index is -0.229. The van der Waals surface area contributed by atoms with E-state index in [9.17, 15) is 4.79 Å². The third-order valence-corrected chi connectivity index (χ3v) is 2.65. The van der Waals surface area contributed by atoms with Gasteiger partial charge in [0, 0.05) is 25.6 Å². The first-order chi connectivity index (χ1) is 10.7. The fourth-order valence-electron chi connectivity index (χ4n) is 1.62. The van der Waals surface area contributed by atoms with Crippen molar-refractivity contribution in [3.8, 4) is 11.5 Å². The highest BCUT2D eigenvalue weighted by atomic mass is 16.5. The quantitative estimate of drug-likeness (QED) is 0.538. The van der Waals surface area contributed by atoms with Crippen LogP contribution in [0.25, 0.3) is 0 Å². The second-order valence-corrected chi connectivity index (χ2v) is 4.11. The van der Waals surface area contributed by atoms with Crippen molar-refractivity contribution in [2.45, 2.75) is 26.7 Å². The fourth-order valence-corrected chi connectivity index (χ4v) is 1.62. The minimum absolute atomic E-state index is 0.229. The van der Waals surface area contributed by atoms with Crippen LogP contribution in [0.5, 0.6) is 11.5 Å². The monoisotopic (exact) mass is 312 g/mol. The van der Waals surface area contributed by atoms with Gasteiger partial charge in [0.2, 0.25) is 0 Å². The third-order valence-electron chi connectivity index (χ3n) is 2.65. The van der Waals surface area contributed by atoms with E-state index in [1.54, 1.807) is 13.2 Å². The Kier molecular flexibility index (Phi) is 11.6. The number of methoxy groups -OCH3 is 2. The summed E-state index contributed by atoms with van der Waals surface area (Å²) in [6.07, 6.45) is 0.964. The zero-order valence-electron chi connectivity index (χ0n) is 14.0. The van der Waals surface area contributed by atoms with E-state index >= 15 is 0 Å². The molecule has 0 heterocycles. The van der Waals surface area contributed by atoms with E-state index in [1.165, 1.54) is 7.11 Å². The van der Waals surface area contributed by atoms with Gasteiger partial charge in [-0.25, -0.2) is 0 Å². The summed E-state index contributed by atoms with van der Waals surface area (Å²) in [4.78, 5) is 11.0. The normalized spacial score (nSPS) is 9.32. The molecule has 0 aliphatic carbocycles. The Labute approximate surface area is 132 Å². The van der Waals surface area contributed by atoms with E-state index in [4.69, 9.17) is 15.2 Å². The number of anilines is 1. The van der Waals surface area contributed by atoms with Crippen LogP contribution < -0.4 is 20.5 Å². The molecule has 0 fully saturated rings. The van der Waals surface area contributed by atoms with Crippen LogP contribution in [0.1, 0.15) is 26.7 Å². The molecule has 0 radical (unpaired) electrons. The topological polar surface area (TPSA) is 82.8 Å². The maximum absolute atomic E-state index is 11.0. The average Bonchev–Trinajstić information content (AvgIpc) is 2.58. The number of nitrogens with one attached hydrogen (secondary N) is 1. The Hall–Kier alpha value is -1.95. The smallest absolute Gasteiger partial charge is 0.305 e. The van der Waals surface area contributed by atoms with Gasteiger partial charge in [-0.1, -0.05) is 13.8 Å². The highest BCUT2D eigenvalue weighted by Crippen LogP contribution is 2.29. The van der Waals surface area contributed by atoms with Crippen LogP contribution >= 0.6 is 0 Å². The van der Waals surface area contributed by atoms with Gasteiger partial charge >= 0.3 is 5.97 Å². The van der Waals surface area contributed by atoms with Crippen LogP contribution in [0.3, 0.4) is 0 Å². The Morgan fingerprint density at radius 2 is 2.00 bits per heavy atom. The summed E-state index contributed by atoms with van der Waals surface area (Å²) in [5, 5.41) is 3.16. The van der Waals surface area contributed by atoms with E-state index < -0.39 is 0 Å². The summed E-state index contributed by atoms with van der Waals surface area (Å²) in [5.74, 6) is 1.17. The lowest BCUT2D eigenvalue weighted by molar-refractivity contribution is -0.140. The van der Waals surface area contributed by atoms with Gasteiger partial charge in [0.1, 0.15) is 11.5 Å². The SMILES string of the molecule is CC.COC(=O)CCCOc1ccc(NCCN)c(OC)c1. The molecular formula is C16H28N2O4. The Bertz CT molecular complexity index is 425. The molecule has 0 saturated heterocycles. The zero-order valence-corrected chi connectivity index (χ0v) is 14.0. The van der Waals surface area contributed by atoms with Crippen molar-refractivity contribution in [1.82, 2.24) is 0 Å². The molecule has 6 nitrogen and oxygen atoms in total. The van der Waals surface area contributed by atoms with E-state index in [0.29, 0.717) is 44.0 Å². The summed E-state index contributed by atoms with van der Waals surface area (Å²) >= 11 is 0. The molecule has 3 N–H and O–H groups in total. The Morgan fingerprint density at radius 3 is 2.59 bits per heavy atom.